The Bertz CT molecular complexity index is 2760. The van der Waals surface area contributed by atoms with Crippen LogP contribution in [0.15, 0.2) is 188 Å². The molecule has 2 aliphatic carbocycles. The maximum absolute atomic E-state index is 2.50. The van der Waals surface area contributed by atoms with Gasteiger partial charge in [0.2, 0.25) is 0 Å². The van der Waals surface area contributed by atoms with Crippen LogP contribution >= 0.6 is 11.3 Å². The van der Waals surface area contributed by atoms with E-state index in [-0.39, 0.29) is 0 Å². The predicted molar refractivity (Wildman–Crippen MR) is 216 cm³/mol. The predicted octanol–water partition coefficient (Wildman–Crippen LogP) is 13.5. The van der Waals surface area contributed by atoms with Crippen molar-refractivity contribution in [2.45, 2.75) is 5.41 Å². The molecular formula is C49H31NS. The monoisotopic (exact) mass is 665 g/mol. The molecule has 0 amide bonds. The first-order valence-electron chi connectivity index (χ1n) is 17.6. The summed E-state index contributed by atoms with van der Waals surface area (Å²) in [5.41, 5.74) is 16.2. The zero-order valence-corrected chi connectivity index (χ0v) is 28.6. The molecule has 238 valence electrons. The molecule has 51 heavy (non-hydrogen) atoms. The van der Waals surface area contributed by atoms with Crippen molar-refractivity contribution in [3.8, 4) is 33.4 Å². The average molecular weight is 666 g/mol. The van der Waals surface area contributed by atoms with Gasteiger partial charge in [0.25, 0.3) is 0 Å². The number of rotatable bonds is 4. The Morgan fingerprint density at radius 2 is 0.922 bits per heavy atom. The van der Waals surface area contributed by atoms with Crippen molar-refractivity contribution in [3.05, 3.63) is 210 Å². The second-order valence-corrected chi connectivity index (χ2v) is 14.7. The van der Waals surface area contributed by atoms with Crippen LogP contribution in [-0.2, 0) is 5.41 Å². The summed E-state index contributed by atoms with van der Waals surface area (Å²) in [4.78, 5) is 2.49. The fourth-order valence-corrected chi connectivity index (χ4v) is 10.2. The molecule has 0 unspecified atom stereocenters. The second-order valence-electron chi connectivity index (χ2n) is 13.6. The Hall–Kier alpha value is -6.22. The van der Waals surface area contributed by atoms with Crippen LogP contribution in [0.3, 0.4) is 0 Å². The summed E-state index contributed by atoms with van der Waals surface area (Å²) in [6, 6.07) is 69.7. The first-order chi connectivity index (χ1) is 25.3. The van der Waals surface area contributed by atoms with Gasteiger partial charge in [0.1, 0.15) is 0 Å². The third-order valence-electron chi connectivity index (χ3n) is 11.1. The van der Waals surface area contributed by atoms with Crippen molar-refractivity contribution in [3.63, 3.8) is 0 Å². The van der Waals surface area contributed by atoms with E-state index in [0.717, 1.165) is 11.4 Å². The minimum absolute atomic E-state index is 0.406. The molecule has 0 saturated heterocycles. The fourth-order valence-electron chi connectivity index (χ4n) is 9.01. The van der Waals surface area contributed by atoms with Crippen LogP contribution in [0, 0.1) is 0 Å². The number of nitrogens with zero attached hydrogens (tertiary/aromatic N) is 1. The van der Waals surface area contributed by atoms with E-state index in [1.165, 1.54) is 81.5 Å². The molecule has 0 fully saturated rings. The fraction of sp³-hybridized carbons (Fsp3) is 0.0204. The lowest BCUT2D eigenvalue weighted by atomic mass is 9.70. The quantitative estimate of drug-likeness (QED) is 0.181. The van der Waals surface area contributed by atoms with E-state index in [1.54, 1.807) is 0 Å². The number of hydrogen-bond donors (Lipinski definition) is 0. The third kappa shape index (κ3) is 3.97. The molecule has 9 aromatic rings. The van der Waals surface area contributed by atoms with Gasteiger partial charge >= 0.3 is 0 Å². The minimum atomic E-state index is -0.406. The number of hydrogen-bond acceptors (Lipinski definition) is 2. The Labute approximate surface area is 301 Å². The minimum Gasteiger partial charge on any atom is -0.309 e. The Morgan fingerprint density at radius 3 is 1.65 bits per heavy atom. The van der Waals surface area contributed by atoms with Crippen LogP contribution in [0.2, 0.25) is 0 Å². The SMILES string of the molecule is c1ccc(-c2cccc(N(c3ccc4c(c3)C3(c5ccccc5-c5ccccc53)c3ccccc3-4)c3cccc4c3sc3ccccc34)c2)cc1. The van der Waals surface area contributed by atoms with E-state index in [0.29, 0.717) is 0 Å². The average Bonchev–Trinajstić information content (AvgIpc) is 3.83. The molecule has 1 heterocycles. The highest BCUT2D eigenvalue weighted by molar-refractivity contribution is 7.26. The maximum Gasteiger partial charge on any atom is 0.0726 e. The van der Waals surface area contributed by atoms with Gasteiger partial charge < -0.3 is 4.90 Å². The van der Waals surface area contributed by atoms with Crippen molar-refractivity contribution >= 4 is 48.6 Å². The summed E-state index contributed by atoms with van der Waals surface area (Å²) in [6.07, 6.45) is 0. The normalized spacial score (nSPS) is 13.3. The molecule has 1 nitrogen and oxygen atoms in total. The Balaban J connectivity index is 1.21. The van der Waals surface area contributed by atoms with Crippen LogP contribution in [0.5, 0.6) is 0 Å². The lowest BCUT2D eigenvalue weighted by Gasteiger charge is -2.32. The first-order valence-corrected chi connectivity index (χ1v) is 18.4. The number of benzene rings is 8. The van der Waals surface area contributed by atoms with Crippen LogP contribution in [0.4, 0.5) is 17.1 Å². The summed E-state index contributed by atoms with van der Waals surface area (Å²) in [5, 5.41) is 2.60. The Kier molecular flexibility index (Phi) is 6.11. The zero-order chi connectivity index (χ0) is 33.5. The van der Waals surface area contributed by atoms with E-state index >= 15 is 0 Å². The van der Waals surface area contributed by atoms with Gasteiger partial charge in [0, 0.05) is 26.8 Å². The lowest BCUT2D eigenvalue weighted by Crippen LogP contribution is -2.26. The van der Waals surface area contributed by atoms with Crippen LogP contribution in [0.25, 0.3) is 53.6 Å². The molecule has 11 rings (SSSR count). The van der Waals surface area contributed by atoms with Crippen LogP contribution < -0.4 is 4.90 Å². The van der Waals surface area contributed by atoms with Crippen molar-refractivity contribution in [2.24, 2.45) is 0 Å². The van der Waals surface area contributed by atoms with Crippen molar-refractivity contribution < 1.29 is 0 Å². The topological polar surface area (TPSA) is 3.24 Å². The second kappa shape index (κ2) is 10.9. The number of fused-ring (bicyclic) bond motifs is 13. The van der Waals surface area contributed by atoms with Gasteiger partial charge in [0.15, 0.2) is 0 Å². The van der Waals surface area contributed by atoms with Crippen molar-refractivity contribution in [1.29, 1.82) is 0 Å². The highest BCUT2D eigenvalue weighted by atomic mass is 32.1. The summed E-state index contributed by atoms with van der Waals surface area (Å²) >= 11 is 1.88. The molecule has 2 heteroatoms. The van der Waals surface area contributed by atoms with E-state index in [2.05, 4.69) is 193 Å². The molecule has 0 radical (unpaired) electrons. The van der Waals surface area contributed by atoms with Gasteiger partial charge in [-0.05, 0) is 92.0 Å². The number of thiophene rings is 1. The van der Waals surface area contributed by atoms with Gasteiger partial charge in [-0.2, -0.15) is 0 Å². The summed E-state index contributed by atoms with van der Waals surface area (Å²) < 4.78 is 2.60. The van der Waals surface area contributed by atoms with Crippen molar-refractivity contribution in [1.82, 2.24) is 0 Å². The van der Waals surface area contributed by atoms with Crippen molar-refractivity contribution in [2.75, 3.05) is 4.90 Å². The van der Waals surface area contributed by atoms with Gasteiger partial charge in [-0.25, -0.2) is 0 Å². The number of anilines is 3. The Morgan fingerprint density at radius 1 is 0.373 bits per heavy atom. The summed E-state index contributed by atoms with van der Waals surface area (Å²) in [5.74, 6) is 0. The van der Waals surface area contributed by atoms with Gasteiger partial charge in [0.05, 0.1) is 15.8 Å². The molecule has 0 aliphatic heterocycles. The van der Waals surface area contributed by atoms with E-state index in [1.807, 2.05) is 11.3 Å². The summed E-state index contributed by atoms with van der Waals surface area (Å²) in [7, 11) is 0. The maximum atomic E-state index is 2.50. The molecule has 1 spiro atoms. The van der Waals surface area contributed by atoms with Crippen LogP contribution in [-0.4, -0.2) is 0 Å². The van der Waals surface area contributed by atoms with Gasteiger partial charge in [-0.15, -0.1) is 11.3 Å². The molecule has 0 atom stereocenters. The van der Waals surface area contributed by atoms with E-state index in [9.17, 15) is 0 Å². The highest BCUT2D eigenvalue weighted by Gasteiger charge is 2.51. The third-order valence-corrected chi connectivity index (χ3v) is 12.3. The molecular weight excluding hydrogens is 635 g/mol. The molecule has 0 saturated carbocycles. The standard InChI is InChI=1S/C49H31NS/c1-2-14-32(15-3-1)33-16-12-17-34(30-33)50(46-26-13-22-41-40-21-7-11-27-47(40)51-48(41)46)35-28-29-39-38-20-6-10-25-44(38)49(45(39)31-35)42-23-8-4-18-36(42)37-19-5-9-24-43(37)49/h1-31H. The largest absolute Gasteiger partial charge is 0.309 e. The molecule has 0 bridgehead atoms. The molecule has 8 aromatic carbocycles. The van der Waals surface area contributed by atoms with E-state index < -0.39 is 5.41 Å². The van der Waals surface area contributed by atoms with Gasteiger partial charge in [-0.1, -0.05) is 152 Å². The highest BCUT2D eigenvalue weighted by Crippen LogP contribution is 2.63. The molecule has 1 aromatic heterocycles. The lowest BCUT2D eigenvalue weighted by molar-refractivity contribution is 0.793. The van der Waals surface area contributed by atoms with Crippen LogP contribution in [0.1, 0.15) is 22.3 Å². The van der Waals surface area contributed by atoms with Gasteiger partial charge in [-0.3, -0.25) is 0 Å². The molecule has 0 N–H and O–H groups in total. The first kappa shape index (κ1) is 28.6. The molecule has 2 aliphatic rings. The zero-order valence-electron chi connectivity index (χ0n) is 27.8. The summed E-state index contributed by atoms with van der Waals surface area (Å²) in [6.45, 7) is 0. The smallest absolute Gasteiger partial charge is 0.0726 e. The van der Waals surface area contributed by atoms with E-state index in [4.69, 9.17) is 0 Å².